The van der Waals surface area contributed by atoms with Crippen molar-refractivity contribution in [1.82, 2.24) is 0 Å². The maximum atomic E-state index is 8.86. The predicted octanol–water partition coefficient (Wildman–Crippen LogP) is 2.58. The Kier molecular flexibility index (Phi) is 3.82. The number of hydrogen-bond donors (Lipinski definition) is 1. The second-order valence-corrected chi connectivity index (χ2v) is 4.96. The van der Waals surface area contributed by atoms with Crippen molar-refractivity contribution in [3.05, 3.63) is 10.4 Å². The molecule has 1 aromatic rings. The number of nitrogens with zero attached hydrogens (tertiary/aromatic N) is 2. The van der Waals surface area contributed by atoms with Crippen LogP contribution in [-0.4, -0.2) is 5.75 Å². The Morgan fingerprint density at radius 1 is 1.43 bits per heavy atom. The Morgan fingerprint density at radius 2 is 2.14 bits per heavy atom. The molecule has 72 valence electrons. The quantitative estimate of drug-likeness (QED) is 0.799. The first-order valence-corrected chi connectivity index (χ1v) is 5.90. The van der Waals surface area contributed by atoms with E-state index in [1.807, 2.05) is 12.1 Å². The van der Waals surface area contributed by atoms with Crippen molar-refractivity contribution in [3.8, 4) is 12.1 Å². The highest BCUT2D eigenvalue weighted by Gasteiger charge is 2.15. The molecule has 1 aromatic heterocycles. The summed E-state index contributed by atoms with van der Waals surface area (Å²) in [5, 5.41) is 17.6. The molecule has 1 heterocycles. The largest absolute Gasteiger partial charge is 0.396 e. The number of thiophene rings is 1. The van der Waals surface area contributed by atoms with Gasteiger partial charge in [0.25, 0.3) is 0 Å². The van der Waals surface area contributed by atoms with Crippen molar-refractivity contribution >= 4 is 28.8 Å². The summed E-state index contributed by atoms with van der Waals surface area (Å²) in [6.45, 7) is 2.07. The zero-order chi connectivity index (χ0) is 10.6. The minimum atomic E-state index is 0.332. The maximum Gasteiger partial charge on any atom is 0.130 e. The van der Waals surface area contributed by atoms with Crippen molar-refractivity contribution < 1.29 is 0 Å². The van der Waals surface area contributed by atoms with Crippen molar-refractivity contribution in [3.63, 3.8) is 0 Å². The number of nitrogens with two attached hydrogens (primary N) is 1. The number of hydrogen-bond acceptors (Lipinski definition) is 5. The number of nitriles is 2. The molecule has 3 nitrogen and oxygen atoms in total. The molecule has 0 saturated carbocycles. The minimum Gasteiger partial charge on any atom is -0.396 e. The molecule has 0 atom stereocenters. The van der Waals surface area contributed by atoms with E-state index in [1.165, 1.54) is 11.3 Å². The van der Waals surface area contributed by atoms with Crippen LogP contribution in [0.3, 0.4) is 0 Å². The van der Waals surface area contributed by atoms with Crippen LogP contribution >= 0.6 is 23.1 Å². The summed E-state index contributed by atoms with van der Waals surface area (Å²) >= 11 is 2.89. The highest BCUT2D eigenvalue weighted by molar-refractivity contribution is 8.01. The molecule has 0 aliphatic carbocycles. The molecular weight excluding hydrogens is 214 g/mol. The Hall–Kier alpha value is -1.17. The van der Waals surface area contributed by atoms with Crippen LogP contribution in [0.2, 0.25) is 0 Å². The summed E-state index contributed by atoms with van der Waals surface area (Å²) in [6.07, 6.45) is 1.04. The van der Waals surface area contributed by atoms with Crippen molar-refractivity contribution in [2.24, 2.45) is 0 Å². The van der Waals surface area contributed by atoms with E-state index < -0.39 is 0 Å². The van der Waals surface area contributed by atoms with Crippen LogP contribution in [-0.2, 0) is 0 Å². The van der Waals surface area contributed by atoms with E-state index in [2.05, 4.69) is 6.92 Å². The van der Waals surface area contributed by atoms with Gasteiger partial charge in [0.1, 0.15) is 22.6 Å². The average molecular weight is 223 g/mol. The van der Waals surface area contributed by atoms with Crippen LogP contribution in [0.25, 0.3) is 0 Å². The fourth-order valence-electron chi connectivity index (χ4n) is 0.908. The average Bonchev–Trinajstić information content (AvgIpc) is 2.51. The molecule has 0 spiro atoms. The van der Waals surface area contributed by atoms with E-state index >= 15 is 0 Å². The second-order valence-electron chi connectivity index (χ2n) is 2.58. The fraction of sp³-hybridized carbons (Fsp3) is 0.333. The highest BCUT2D eigenvalue weighted by Crippen LogP contribution is 2.37. The van der Waals surface area contributed by atoms with Gasteiger partial charge in [0.15, 0.2) is 0 Å². The Balaban J connectivity index is 3.06. The molecule has 0 saturated heterocycles. The lowest BCUT2D eigenvalue weighted by Crippen LogP contribution is -1.88. The van der Waals surface area contributed by atoms with Gasteiger partial charge in [-0.15, -0.1) is 23.1 Å². The standard InChI is InChI=1S/C9H9N3S2/c1-2-3-13-9-6(4-10)8(12)7(5-11)14-9/h2-3,12H2,1H3. The molecule has 0 amide bonds. The first kappa shape index (κ1) is 10.9. The monoisotopic (exact) mass is 223 g/mol. The van der Waals surface area contributed by atoms with Gasteiger partial charge in [-0.2, -0.15) is 10.5 Å². The van der Waals surface area contributed by atoms with Gasteiger partial charge < -0.3 is 5.73 Å². The molecule has 0 radical (unpaired) electrons. The Labute approximate surface area is 91.1 Å². The van der Waals surface area contributed by atoms with E-state index in [-0.39, 0.29) is 0 Å². The van der Waals surface area contributed by atoms with Gasteiger partial charge in [-0.1, -0.05) is 6.92 Å². The first-order valence-electron chi connectivity index (χ1n) is 4.09. The molecule has 0 bridgehead atoms. The topological polar surface area (TPSA) is 73.6 Å². The van der Waals surface area contributed by atoms with Crippen LogP contribution < -0.4 is 5.73 Å². The third-order valence-corrected chi connectivity index (χ3v) is 4.15. The lowest BCUT2D eigenvalue weighted by molar-refractivity contribution is 1.11. The lowest BCUT2D eigenvalue weighted by Gasteiger charge is -1.94. The zero-order valence-corrected chi connectivity index (χ0v) is 9.34. The second kappa shape index (κ2) is 4.90. The van der Waals surface area contributed by atoms with Crippen molar-refractivity contribution in [2.45, 2.75) is 17.6 Å². The smallest absolute Gasteiger partial charge is 0.130 e. The van der Waals surface area contributed by atoms with Crippen LogP contribution in [0.1, 0.15) is 23.8 Å². The highest BCUT2D eigenvalue weighted by atomic mass is 32.2. The molecular formula is C9H9N3S2. The molecule has 0 aromatic carbocycles. The minimum absolute atomic E-state index is 0.332. The van der Waals surface area contributed by atoms with Gasteiger partial charge in [-0.3, -0.25) is 0 Å². The number of rotatable bonds is 3. The van der Waals surface area contributed by atoms with Crippen LogP contribution in [0.5, 0.6) is 0 Å². The lowest BCUT2D eigenvalue weighted by atomic mass is 10.3. The van der Waals surface area contributed by atoms with E-state index in [0.29, 0.717) is 16.1 Å². The summed E-state index contributed by atoms with van der Waals surface area (Å²) < 4.78 is 0.864. The van der Waals surface area contributed by atoms with E-state index in [4.69, 9.17) is 16.3 Å². The van der Waals surface area contributed by atoms with Crippen molar-refractivity contribution in [2.75, 3.05) is 11.5 Å². The summed E-state index contributed by atoms with van der Waals surface area (Å²) in [5.41, 5.74) is 6.44. The van der Waals surface area contributed by atoms with Crippen LogP contribution in [0, 0.1) is 22.7 Å². The van der Waals surface area contributed by atoms with E-state index in [0.717, 1.165) is 16.4 Å². The van der Waals surface area contributed by atoms with Crippen LogP contribution in [0.15, 0.2) is 4.21 Å². The Morgan fingerprint density at radius 3 is 2.64 bits per heavy atom. The summed E-state index contributed by atoms with van der Waals surface area (Å²) in [4.78, 5) is 0.445. The van der Waals surface area contributed by atoms with E-state index in [1.54, 1.807) is 11.8 Å². The third kappa shape index (κ3) is 2.01. The summed E-state index contributed by atoms with van der Waals surface area (Å²) in [5.74, 6) is 0.944. The maximum absolute atomic E-state index is 8.86. The number of anilines is 1. The molecule has 1 rings (SSSR count). The van der Waals surface area contributed by atoms with Gasteiger partial charge >= 0.3 is 0 Å². The van der Waals surface area contributed by atoms with E-state index in [9.17, 15) is 0 Å². The van der Waals surface area contributed by atoms with Gasteiger partial charge in [0.2, 0.25) is 0 Å². The first-order chi connectivity index (χ1) is 6.74. The normalized spacial score (nSPS) is 9.36. The van der Waals surface area contributed by atoms with Gasteiger partial charge in [-0.25, -0.2) is 0 Å². The molecule has 0 aliphatic rings. The molecule has 0 unspecified atom stereocenters. The molecule has 0 aliphatic heterocycles. The van der Waals surface area contributed by atoms with Gasteiger partial charge in [-0.05, 0) is 12.2 Å². The number of nitrogen functional groups attached to an aromatic ring is 1. The molecule has 14 heavy (non-hydrogen) atoms. The van der Waals surface area contributed by atoms with Crippen molar-refractivity contribution in [1.29, 1.82) is 10.5 Å². The zero-order valence-electron chi connectivity index (χ0n) is 7.70. The summed E-state index contributed by atoms with van der Waals surface area (Å²) in [7, 11) is 0. The summed E-state index contributed by atoms with van der Waals surface area (Å²) in [6, 6.07) is 4.04. The third-order valence-electron chi connectivity index (χ3n) is 1.56. The van der Waals surface area contributed by atoms with Gasteiger partial charge in [0, 0.05) is 0 Å². The predicted molar refractivity (Wildman–Crippen MR) is 59.2 cm³/mol. The Bertz CT molecular complexity index is 409. The SMILES string of the molecule is CCCSc1sc(C#N)c(N)c1C#N. The van der Waals surface area contributed by atoms with Crippen LogP contribution in [0.4, 0.5) is 5.69 Å². The van der Waals surface area contributed by atoms with Gasteiger partial charge in [0.05, 0.1) is 9.90 Å². The number of thioether (sulfide) groups is 1. The molecule has 0 fully saturated rings. The molecule has 2 N–H and O–H groups in total. The molecule has 5 heteroatoms. The fourth-order valence-corrected chi connectivity index (χ4v) is 3.03.